The standard InChI is InChI=1S/C85H56B2F3N5S/c88-85(89,90)69-37-19-22-40-74(69)95-77-56-81-73(55-72(77)86-70-38-20-23-41-75(70)93(63-33-15-5-16-34-63)78-51-67(52-79(95)83(78)86)91(61-29-11-3-12-30-61)62-31-13-4-14-32-62)87-71-39-21-24-42-76(71)94(64-35-17-6-18-36-64)80-53-68(54-82(96-81)84(80)87)92(65-47-43-59(44-48-65)57-25-7-1-8-26-57)66-49-45-60(46-50-66)58-27-9-2-10-28-58/h1-56H. The zero-order chi connectivity index (χ0) is 64.0. The second-order valence-corrected chi connectivity index (χ2v) is 25.8. The lowest BCUT2D eigenvalue weighted by Crippen LogP contribution is -2.64. The molecule has 0 aliphatic carbocycles. The average molecular weight is 1260 g/mol. The quantitative estimate of drug-likeness (QED) is 0.119. The molecule has 0 aromatic heterocycles. The van der Waals surface area contributed by atoms with Crippen molar-refractivity contribution in [2.45, 2.75) is 16.0 Å². The fourth-order valence-electron chi connectivity index (χ4n) is 15.2. The summed E-state index contributed by atoms with van der Waals surface area (Å²) in [6.07, 6.45) is -4.71. The molecule has 14 aromatic rings. The molecule has 0 atom stereocenters. The third kappa shape index (κ3) is 9.51. The van der Waals surface area contributed by atoms with Crippen LogP contribution in [0, 0.1) is 0 Å². The fourth-order valence-corrected chi connectivity index (χ4v) is 16.4. The first-order valence-corrected chi connectivity index (χ1v) is 33.2. The van der Waals surface area contributed by atoms with Gasteiger partial charge in [-0.05, 0) is 177 Å². The van der Waals surface area contributed by atoms with Gasteiger partial charge in [-0.25, -0.2) is 0 Å². The summed E-state index contributed by atoms with van der Waals surface area (Å²) in [4.78, 5) is 13.3. The van der Waals surface area contributed by atoms with Crippen LogP contribution in [0.2, 0.25) is 0 Å². The van der Waals surface area contributed by atoms with Gasteiger partial charge in [0.1, 0.15) is 0 Å². The minimum Gasteiger partial charge on any atom is -0.311 e. The summed E-state index contributed by atoms with van der Waals surface area (Å²) in [6.45, 7) is -0.700. The van der Waals surface area contributed by atoms with Crippen molar-refractivity contribution in [2.24, 2.45) is 0 Å². The molecule has 0 unspecified atom stereocenters. The first kappa shape index (κ1) is 57.0. The van der Waals surface area contributed by atoms with Crippen molar-refractivity contribution in [1.82, 2.24) is 0 Å². The molecule has 0 bridgehead atoms. The lowest BCUT2D eigenvalue weighted by molar-refractivity contribution is -0.137. The van der Waals surface area contributed by atoms with Crippen molar-refractivity contribution in [3.05, 3.63) is 345 Å². The Labute approximate surface area is 561 Å². The largest absolute Gasteiger partial charge is 0.418 e. The maximum atomic E-state index is 16.3. The molecule has 0 saturated heterocycles. The number of rotatable bonds is 11. The summed E-state index contributed by atoms with van der Waals surface area (Å²) in [5.74, 6) is 0. The minimum absolute atomic E-state index is 0.0413. The van der Waals surface area contributed by atoms with Crippen LogP contribution in [-0.4, -0.2) is 13.4 Å². The zero-order valence-corrected chi connectivity index (χ0v) is 52.6. The van der Waals surface area contributed by atoms with E-state index in [9.17, 15) is 0 Å². The highest BCUT2D eigenvalue weighted by Crippen LogP contribution is 2.53. The van der Waals surface area contributed by atoms with Gasteiger partial charge in [-0.2, -0.15) is 13.2 Å². The molecule has 11 heteroatoms. The molecular weight excluding hydrogens is 1200 g/mol. The maximum Gasteiger partial charge on any atom is 0.418 e. The summed E-state index contributed by atoms with van der Waals surface area (Å²) in [7, 11) is 0. The third-order valence-electron chi connectivity index (χ3n) is 19.2. The van der Waals surface area contributed by atoms with Crippen LogP contribution in [0.15, 0.2) is 350 Å². The molecule has 4 aliphatic rings. The van der Waals surface area contributed by atoms with E-state index in [1.165, 1.54) is 17.6 Å². The van der Waals surface area contributed by atoms with Gasteiger partial charge in [0.25, 0.3) is 6.71 Å². The van der Waals surface area contributed by atoms with Gasteiger partial charge in [-0.1, -0.05) is 230 Å². The van der Waals surface area contributed by atoms with Gasteiger partial charge >= 0.3 is 6.18 Å². The molecule has 18 rings (SSSR count). The molecule has 0 saturated carbocycles. The Balaban J connectivity index is 0.906. The number of benzene rings is 14. The Bertz CT molecular complexity index is 5160. The van der Waals surface area contributed by atoms with Crippen molar-refractivity contribution in [3.63, 3.8) is 0 Å². The van der Waals surface area contributed by atoms with E-state index in [2.05, 4.69) is 268 Å². The van der Waals surface area contributed by atoms with Crippen molar-refractivity contribution in [1.29, 1.82) is 0 Å². The van der Waals surface area contributed by atoms with E-state index >= 15 is 13.2 Å². The maximum absolute atomic E-state index is 16.3. The first-order valence-electron chi connectivity index (χ1n) is 32.4. The zero-order valence-electron chi connectivity index (χ0n) is 51.8. The van der Waals surface area contributed by atoms with Gasteiger partial charge in [-0.3, -0.25) is 0 Å². The Morgan fingerprint density at radius 2 is 0.635 bits per heavy atom. The van der Waals surface area contributed by atoms with Gasteiger partial charge in [0.2, 0.25) is 6.71 Å². The SMILES string of the molecule is FC(F)(F)c1ccccc1N1c2cc3c(cc2B2c4ccccc4N(c4ccccc4)c4cc(N(c5ccccc5)c5ccccc5)cc1c42)B1c2ccccc2N(c2ccccc2)c2cc(N(c4ccc(-c5ccccc5)cc4)c4ccc(-c5ccccc5)cc4)cc(c21)S3. The van der Waals surface area contributed by atoms with Crippen LogP contribution in [0.3, 0.4) is 0 Å². The number of hydrogen-bond donors (Lipinski definition) is 0. The molecule has 0 fully saturated rings. The summed E-state index contributed by atoms with van der Waals surface area (Å²) < 4.78 is 48.8. The van der Waals surface area contributed by atoms with Crippen LogP contribution in [0.1, 0.15) is 5.56 Å². The number of para-hydroxylation sites is 7. The predicted octanol–water partition coefficient (Wildman–Crippen LogP) is 19.8. The number of nitrogens with zero attached hydrogens (tertiary/aromatic N) is 5. The van der Waals surface area contributed by atoms with Crippen molar-refractivity contribution in [2.75, 3.05) is 24.5 Å². The third-order valence-corrected chi connectivity index (χ3v) is 20.4. The van der Waals surface area contributed by atoms with Gasteiger partial charge in [0, 0.05) is 83.7 Å². The van der Waals surface area contributed by atoms with Crippen LogP contribution in [0.25, 0.3) is 22.3 Å². The highest BCUT2D eigenvalue weighted by Gasteiger charge is 2.49. The molecule has 454 valence electrons. The van der Waals surface area contributed by atoms with Crippen LogP contribution in [0.4, 0.5) is 98.5 Å². The monoisotopic (exact) mass is 1260 g/mol. The summed E-state index contributed by atoms with van der Waals surface area (Å²) in [5, 5.41) is 0. The van der Waals surface area contributed by atoms with Crippen molar-refractivity contribution >= 4 is 143 Å². The number of halogens is 3. The van der Waals surface area contributed by atoms with E-state index in [-0.39, 0.29) is 12.4 Å². The lowest BCUT2D eigenvalue weighted by atomic mass is 9.31. The molecular formula is C85H56B2F3N5S. The highest BCUT2D eigenvalue weighted by atomic mass is 32.2. The van der Waals surface area contributed by atoms with E-state index < -0.39 is 18.5 Å². The molecule has 4 heterocycles. The summed E-state index contributed by atoms with van der Waals surface area (Å²) in [6, 6.07) is 117. The van der Waals surface area contributed by atoms with Crippen molar-refractivity contribution < 1.29 is 13.2 Å². The molecule has 14 aromatic carbocycles. The summed E-state index contributed by atoms with van der Waals surface area (Å²) >= 11 is 1.70. The minimum atomic E-state index is -4.71. The van der Waals surface area contributed by atoms with E-state index in [1.54, 1.807) is 23.9 Å². The summed E-state index contributed by atoms with van der Waals surface area (Å²) in [5.41, 5.74) is 22.9. The van der Waals surface area contributed by atoms with Crippen LogP contribution in [0.5, 0.6) is 0 Å². The Kier molecular flexibility index (Phi) is 13.7. The molecule has 4 aliphatic heterocycles. The lowest BCUT2D eigenvalue weighted by Gasteiger charge is -2.46. The van der Waals surface area contributed by atoms with Crippen LogP contribution >= 0.6 is 11.8 Å². The number of hydrogen-bond acceptors (Lipinski definition) is 6. The molecule has 0 spiro atoms. The highest BCUT2D eigenvalue weighted by molar-refractivity contribution is 8.00. The van der Waals surface area contributed by atoms with E-state index in [0.29, 0.717) is 11.4 Å². The topological polar surface area (TPSA) is 16.2 Å². The van der Waals surface area contributed by atoms with Gasteiger partial charge in [0.05, 0.1) is 16.9 Å². The van der Waals surface area contributed by atoms with E-state index in [0.717, 1.165) is 128 Å². The second-order valence-electron chi connectivity index (χ2n) is 24.7. The average Bonchev–Trinajstić information content (AvgIpc) is 0.692. The first-order chi connectivity index (χ1) is 47.3. The normalized spacial score (nSPS) is 13.0. The van der Waals surface area contributed by atoms with Crippen LogP contribution < -0.4 is 57.3 Å². The van der Waals surface area contributed by atoms with Gasteiger partial charge in [0.15, 0.2) is 0 Å². The Morgan fingerprint density at radius 1 is 0.260 bits per heavy atom. The number of fused-ring (bicyclic) bond motifs is 8. The van der Waals surface area contributed by atoms with E-state index in [4.69, 9.17) is 0 Å². The number of alkyl halides is 3. The molecule has 0 N–H and O–H groups in total. The van der Waals surface area contributed by atoms with E-state index in [1.807, 2.05) is 71.6 Å². The van der Waals surface area contributed by atoms with Gasteiger partial charge < -0.3 is 24.5 Å². The van der Waals surface area contributed by atoms with Crippen LogP contribution in [-0.2, 0) is 6.18 Å². The Morgan fingerprint density at radius 3 is 1.12 bits per heavy atom. The number of anilines is 15. The fraction of sp³-hybridized carbons (Fsp3) is 0.0118. The van der Waals surface area contributed by atoms with Gasteiger partial charge in [-0.15, -0.1) is 0 Å². The smallest absolute Gasteiger partial charge is 0.311 e. The van der Waals surface area contributed by atoms with Crippen molar-refractivity contribution in [3.8, 4) is 22.3 Å². The molecule has 5 nitrogen and oxygen atoms in total. The predicted molar refractivity (Wildman–Crippen MR) is 396 cm³/mol. The molecule has 0 amide bonds. The Hall–Kier alpha value is -11.7. The second kappa shape index (κ2) is 23.1. The molecule has 96 heavy (non-hydrogen) atoms. The molecule has 0 radical (unpaired) electrons.